The number of carbonyl (C=O) groups is 1. The molecule has 3 unspecified atom stereocenters. The van der Waals surface area contributed by atoms with Crippen LogP contribution < -0.4 is 5.32 Å². The van der Waals surface area contributed by atoms with Crippen LogP contribution >= 0.6 is 0 Å². The maximum absolute atomic E-state index is 12.2. The fourth-order valence-corrected chi connectivity index (χ4v) is 3.24. The van der Waals surface area contributed by atoms with Gasteiger partial charge in [-0.1, -0.05) is 0 Å². The Morgan fingerprint density at radius 1 is 1.50 bits per heavy atom. The molecule has 1 saturated carbocycles. The highest BCUT2D eigenvalue weighted by Gasteiger charge is 2.43. The number of β-amino-alcohol motifs (C(OH)–C–C–N with tert-alkyl or cyclic N) is 1. The maximum atomic E-state index is 12.2. The average Bonchev–Trinajstić information content (AvgIpc) is 3.26. The Labute approximate surface area is 133 Å². The summed E-state index contributed by atoms with van der Waals surface area (Å²) in [6.45, 7) is 9.25. The number of nitriles is 1. The van der Waals surface area contributed by atoms with Gasteiger partial charge in [-0.15, -0.1) is 0 Å². The van der Waals surface area contributed by atoms with E-state index in [1.54, 1.807) is 6.92 Å². The van der Waals surface area contributed by atoms with E-state index in [-0.39, 0.29) is 12.0 Å². The van der Waals surface area contributed by atoms with Crippen LogP contribution in [0.15, 0.2) is 0 Å². The number of aliphatic hydroxyl groups is 1. The summed E-state index contributed by atoms with van der Waals surface area (Å²) in [5.74, 6) is 0.246. The highest BCUT2D eigenvalue weighted by atomic mass is 16.3. The van der Waals surface area contributed by atoms with E-state index in [4.69, 9.17) is 0 Å². The lowest BCUT2D eigenvalue weighted by Crippen LogP contribution is -2.56. The number of nitrogens with zero attached hydrogens (tertiary/aromatic N) is 3. The van der Waals surface area contributed by atoms with E-state index in [1.807, 2.05) is 6.92 Å². The van der Waals surface area contributed by atoms with Gasteiger partial charge in [-0.3, -0.25) is 14.6 Å². The Morgan fingerprint density at radius 3 is 2.68 bits per heavy atom. The molecule has 2 aliphatic rings. The molecule has 3 atom stereocenters. The summed E-state index contributed by atoms with van der Waals surface area (Å²) < 4.78 is 0. The molecule has 0 spiro atoms. The first kappa shape index (κ1) is 17.2. The SMILES string of the molecule is CC(O)CN1CCN(CC(=O)NC(C)(C#N)C2CC2)CC1C. The zero-order valence-corrected chi connectivity index (χ0v) is 13.9. The monoisotopic (exact) mass is 308 g/mol. The van der Waals surface area contributed by atoms with E-state index in [9.17, 15) is 15.2 Å². The van der Waals surface area contributed by atoms with Crippen molar-refractivity contribution in [2.75, 3.05) is 32.7 Å². The van der Waals surface area contributed by atoms with Gasteiger partial charge < -0.3 is 10.4 Å². The predicted molar refractivity (Wildman–Crippen MR) is 84.0 cm³/mol. The summed E-state index contributed by atoms with van der Waals surface area (Å²) in [5.41, 5.74) is -0.711. The van der Waals surface area contributed by atoms with Crippen LogP contribution in [0.3, 0.4) is 0 Å². The molecule has 6 heteroatoms. The molecule has 0 aromatic carbocycles. The minimum Gasteiger partial charge on any atom is -0.392 e. The molecule has 124 valence electrons. The van der Waals surface area contributed by atoms with Crippen LogP contribution in [0.4, 0.5) is 0 Å². The van der Waals surface area contributed by atoms with Gasteiger partial charge in [0, 0.05) is 32.2 Å². The van der Waals surface area contributed by atoms with E-state index in [0.717, 1.165) is 32.5 Å². The highest BCUT2D eigenvalue weighted by Crippen LogP contribution is 2.39. The topological polar surface area (TPSA) is 79.6 Å². The third-order valence-corrected chi connectivity index (χ3v) is 4.74. The third-order valence-electron chi connectivity index (χ3n) is 4.74. The van der Waals surface area contributed by atoms with Crippen LogP contribution in [0.5, 0.6) is 0 Å². The van der Waals surface area contributed by atoms with Crippen LogP contribution in [0, 0.1) is 17.2 Å². The molecule has 2 rings (SSSR count). The number of aliphatic hydroxyl groups excluding tert-OH is 1. The van der Waals surface area contributed by atoms with Gasteiger partial charge >= 0.3 is 0 Å². The smallest absolute Gasteiger partial charge is 0.235 e. The zero-order chi connectivity index (χ0) is 16.3. The second kappa shape index (κ2) is 6.95. The molecule has 2 fully saturated rings. The van der Waals surface area contributed by atoms with Crippen molar-refractivity contribution in [2.45, 2.75) is 51.3 Å². The van der Waals surface area contributed by atoms with Crippen LogP contribution in [0.25, 0.3) is 0 Å². The number of hydrogen-bond acceptors (Lipinski definition) is 5. The molecule has 1 saturated heterocycles. The molecule has 22 heavy (non-hydrogen) atoms. The van der Waals surface area contributed by atoms with Gasteiger partial charge in [-0.25, -0.2) is 0 Å². The normalized spacial score (nSPS) is 27.7. The molecule has 2 N–H and O–H groups in total. The van der Waals surface area contributed by atoms with Crippen molar-refractivity contribution in [2.24, 2.45) is 5.92 Å². The van der Waals surface area contributed by atoms with Crippen molar-refractivity contribution < 1.29 is 9.90 Å². The first-order valence-electron chi connectivity index (χ1n) is 8.21. The van der Waals surface area contributed by atoms with Gasteiger partial charge in [0.2, 0.25) is 5.91 Å². The Bertz CT molecular complexity index is 444. The largest absolute Gasteiger partial charge is 0.392 e. The number of hydrogen-bond donors (Lipinski definition) is 2. The second-order valence-corrected chi connectivity index (χ2v) is 7.06. The third kappa shape index (κ3) is 4.42. The van der Waals surface area contributed by atoms with Crippen molar-refractivity contribution in [3.05, 3.63) is 0 Å². The Kier molecular flexibility index (Phi) is 5.43. The van der Waals surface area contributed by atoms with E-state index in [2.05, 4.69) is 28.1 Å². The average molecular weight is 308 g/mol. The first-order chi connectivity index (χ1) is 10.3. The summed E-state index contributed by atoms with van der Waals surface area (Å²) in [5, 5.41) is 21.7. The molecule has 0 bridgehead atoms. The molecule has 6 nitrogen and oxygen atoms in total. The van der Waals surface area contributed by atoms with E-state index in [1.165, 1.54) is 0 Å². The van der Waals surface area contributed by atoms with Gasteiger partial charge in [0.1, 0.15) is 5.54 Å². The summed E-state index contributed by atoms with van der Waals surface area (Å²) in [6, 6.07) is 2.58. The van der Waals surface area contributed by atoms with Crippen LogP contribution in [0.1, 0.15) is 33.6 Å². The molecule has 1 aliphatic heterocycles. The van der Waals surface area contributed by atoms with E-state index < -0.39 is 5.54 Å². The standard InChI is InChI=1S/C16H28N4O2/c1-12-8-19(6-7-20(12)9-13(2)21)10-15(22)18-16(3,11-17)14-4-5-14/h12-14,21H,4-10H2,1-3H3,(H,18,22). The number of piperazine rings is 1. The summed E-state index contributed by atoms with van der Waals surface area (Å²) in [6.07, 6.45) is 1.73. The fraction of sp³-hybridized carbons (Fsp3) is 0.875. The quantitative estimate of drug-likeness (QED) is 0.732. The lowest BCUT2D eigenvalue weighted by atomic mass is 9.98. The zero-order valence-electron chi connectivity index (χ0n) is 13.9. The molecule has 0 aromatic rings. The van der Waals surface area contributed by atoms with Gasteiger partial charge in [0.25, 0.3) is 0 Å². The van der Waals surface area contributed by atoms with Crippen molar-refractivity contribution in [3.8, 4) is 6.07 Å². The van der Waals surface area contributed by atoms with Crippen LogP contribution in [0.2, 0.25) is 0 Å². The lowest BCUT2D eigenvalue weighted by Gasteiger charge is -2.40. The molecule has 1 aliphatic carbocycles. The minimum atomic E-state index is -0.711. The predicted octanol–water partition coefficient (Wildman–Crippen LogP) is 0.182. The molecular formula is C16H28N4O2. The van der Waals surface area contributed by atoms with Crippen molar-refractivity contribution in [3.63, 3.8) is 0 Å². The number of carbonyl (C=O) groups excluding carboxylic acids is 1. The summed E-state index contributed by atoms with van der Waals surface area (Å²) in [4.78, 5) is 16.6. The summed E-state index contributed by atoms with van der Waals surface area (Å²) >= 11 is 0. The van der Waals surface area contributed by atoms with Gasteiger partial charge in [-0.05, 0) is 39.5 Å². The molecular weight excluding hydrogens is 280 g/mol. The number of rotatable bonds is 6. The number of amides is 1. The Morgan fingerprint density at radius 2 is 2.18 bits per heavy atom. The van der Waals surface area contributed by atoms with Crippen molar-refractivity contribution >= 4 is 5.91 Å². The van der Waals surface area contributed by atoms with Gasteiger partial charge in [0.05, 0.1) is 18.7 Å². The Hall–Kier alpha value is -1.16. The highest BCUT2D eigenvalue weighted by molar-refractivity contribution is 5.79. The molecule has 0 radical (unpaired) electrons. The van der Waals surface area contributed by atoms with Crippen molar-refractivity contribution in [1.29, 1.82) is 5.26 Å². The second-order valence-electron chi connectivity index (χ2n) is 7.06. The molecule has 1 heterocycles. The molecule has 0 aromatic heterocycles. The van der Waals surface area contributed by atoms with E-state index >= 15 is 0 Å². The molecule has 1 amide bonds. The number of nitrogens with one attached hydrogen (secondary N) is 1. The first-order valence-corrected chi connectivity index (χ1v) is 8.21. The van der Waals surface area contributed by atoms with Gasteiger partial charge in [0.15, 0.2) is 0 Å². The summed E-state index contributed by atoms with van der Waals surface area (Å²) in [7, 11) is 0. The van der Waals surface area contributed by atoms with Crippen LogP contribution in [-0.2, 0) is 4.79 Å². The van der Waals surface area contributed by atoms with E-state index in [0.29, 0.717) is 25.0 Å². The van der Waals surface area contributed by atoms with Crippen molar-refractivity contribution in [1.82, 2.24) is 15.1 Å². The Balaban J connectivity index is 1.80. The maximum Gasteiger partial charge on any atom is 0.235 e. The van der Waals surface area contributed by atoms with Gasteiger partial charge in [-0.2, -0.15) is 5.26 Å². The fourth-order valence-electron chi connectivity index (χ4n) is 3.24. The minimum absolute atomic E-state index is 0.0628. The lowest BCUT2D eigenvalue weighted by molar-refractivity contribution is -0.124. The van der Waals surface area contributed by atoms with Crippen LogP contribution in [-0.4, -0.2) is 71.2 Å².